The molecule has 0 aromatic carbocycles. The molecule has 0 spiro atoms. The summed E-state index contributed by atoms with van der Waals surface area (Å²) in [5.74, 6) is 5.25. The molecule has 3 nitrogen and oxygen atoms in total. The summed E-state index contributed by atoms with van der Waals surface area (Å²) in [6.45, 7) is 0.732. The molecule has 1 N–H and O–H groups in total. The summed E-state index contributed by atoms with van der Waals surface area (Å²) in [7, 11) is 1.67. The van der Waals surface area contributed by atoms with Gasteiger partial charge in [0.25, 0.3) is 0 Å². The maximum Gasteiger partial charge on any atom is 0.169 e. The average molecular weight is 361 g/mol. The van der Waals surface area contributed by atoms with Crippen molar-refractivity contribution in [3.63, 3.8) is 0 Å². The molecule has 0 aliphatic heterocycles. The number of hydrogen-bond acceptors (Lipinski definition) is 3. The van der Waals surface area contributed by atoms with Crippen LogP contribution in [-0.4, -0.2) is 28.8 Å². The van der Waals surface area contributed by atoms with Gasteiger partial charge in [-0.25, -0.2) is 0 Å². The summed E-state index contributed by atoms with van der Waals surface area (Å²) < 4.78 is 13.6. The number of aryl methyl sites for hydroxylation is 1. The maximum atomic E-state index is 13.6. The molecule has 0 bridgehead atoms. The first-order chi connectivity index (χ1) is 12.7. The molecule has 0 saturated heterocycles. The maximum absolute atomic E-state index is 13.6. The molecule has 144 valence electrons. The number of pyridine rings is 1. The van der Waals surface area contributed by atoms with Crippen molar-refractivity contribution in [1.29, 1.82) is 0 Å². The summed E-state index contributed by atoms with van der Waals surface area (Å²) in [5.41, 5.74) is 1.24. The van der Waals surface area contributed by atoms with Crippen LogP contribution < -0.4 is 0 Å². The van der Waals surface area contributed by atoms with Gasteiger partial charge in [-0.2, -0.15) is 9.45 Å². The van der Waals surface area contributed by atoms with E-state index in [1.165, 1.54) is 23.5 Å². The predicted octanol–water partition coefficient (Wildman–Crippen LogP) is 5.70. The van der Waals surface area contributed by atoms with Crippen LogP contribution in [0.5, 0.6) is 0 Å². The van der Waals surface area contributed by atoms with Crippen LogP contribution in [0.25, 0.3) is 0 Å². The Morgan fingerprint density at radius 1 is 1.15 bits per heavy atom. The number of nitrogens with zero attached hydrogens (tertiary/aromatic N) is 2. The van der Waals surface area contributed by atoms with Crippen molar-refractivity contribution in [2.45, 2.75) is 70.6 Å². The van der Waals surface area contributed by atoms with Crippen molar-refractivity contribution in [2.24, 2.45) is 0 Å². The Labute approximate surface area is 158 Å². The number of halogens is 1. The van der Waals surface area contributed by atoms with E-state index in [-0.39, 0.29) is 5.83 Å². The highest BCUT2D eigenvalue weighted by atomic mass is 19.1. The SMILES string of the molecule is CN(O)CCCCCCCC/C=C(/F)C#CCCCCc1cccnc1. The number of hydroxylamine groups is 2. The standard InChI is InChI=1S/C22H33FN2O/c1-25(26)19-12-8-4-2-3-5-10-16-22(23)17-11-7-6-9-14-21-15-13-18-24-20-21/h13,15-16,18,20,26H,2-10,12,14,19H2,1H3/b22-16+. The first-order valence-corrected chi connectivity index (χ1v) is 9.82. The lowest BCUT2D eigenvalue weighted by atomic mass is 10.1. The minimum atomic E-state index is -0.289. The Hall–Kier alpha value is -1.70. The normalized spacial score (nSPS) is 11.5. The van der Waals surface area contributed by atoms with E-state index in [1.807, 2.05) is 12.3 Å². The Morgan fingerprint density at radius 3 is 2.65 bits per heavy atom. The fourth-order valence-electron chi connectivity index (χ4n) is 2.71. The second-order valence-corrected chi connectivity index (χ2v) is 6.71. The van der Waals surface area contributed by atoms with Gasteiger partial charge in [-0.3, -0.25) is 4.98 Å². The van der Waals surface area contributed by atoms with Crippen LogP contribution in [0, 0.1) is 11.8 Å². The molecule has 0 atom stereocenters. The molecule has 1 heterocycles. The van der Waals surface area contributed by atoms with E-state index in [0.29, 0.717) is 0 Å². The summed E-state index contributed by atoms with van der Waals surface area (Å²) in [4.78, 5) is 4.09. The third-order valence-electron chi connectivity index (χ3n) is 4.21. The van der Waals surface area contributed by atoms with Gasteiger partial charge in [-0.05, 0) is 62.2 Å². The first kappa shape index (κ1) is 22.3. The quantitative estimate of drug-likeness (QED) is 0.278. The van der Waals surface area contributed by atoms with Gasteiger partial charge < -0.3 is 5.21 Å². The van der Waals surface area contributed by atoms with Crippen LogP contribution in [0.1, 0.15) is 69.8 Å². The smallest absolute Gasteiger partial charge is 0.169 e. The number of unbranched alkanes of at least 4 members (excludes halogenated alkanes) is 8. The van der Waals surface area contributed by atoms with Crippen LogP contribution in [0.2, 0.25) is 0 Å². The summed E-state index contributed by atoms with van der Waals surface area (Å²) in [6.07, 6.45) is 16.5. The van der Waals surface area contributed by atoms with Crippen molar-refractivity contribution in [3.05, 3.63) is 42.0 Å². The lowest BCUT2D eigenvalue weighted by Gasteiger charge is -2.06. The fourth-order valence-corrected chi connectivity index (χ4v) is 2.71. The lowest BCUT2D eigenvalue weighted by Crippen LogP contribution is -2.13. The monoisotopic (exact) mass is 360 g/mol. The van der Waals surface area contributed by atoms with Crippen molar-refractivity contribution in [1.82, 2.24) is 10.0 Å². The van der Waals surface area contributed by atoms with Gasteiger partial charge in [-0.1, -0.05) is 37.7 Å². The average Bonchev–Trinajstić information content (AvgIpc) is 2.63. The van der Waals surface area contributed by atoms with E-state index in [1.54, 1.807) is 19.3 Å². The van der Waals surface area contributed by atoms with Crippen molar-refractivity contribution in [3.8, 4) is 11.8 Å². The molecule has 0 radical (unpaired) electrons. The Morgan fingerprint density at radius 2 is 1.92 bits per heavy atom. The molecule has 1 aromatic rings. The molecule has 0 aliphatic carbocycles. The van der Waals surface area contributed by atoms with Gasteiger partial charge in [0.05, 0.1) is 0 Å². The fraction of sp³-hybridized carbons (Fsp3) is 0.591. The van der Waals surface area contributed by atoms with Gasteiger partial charge >= 0.3 is 0 Å². The molecule has 0 unspecified atom stereocenters. The first-order valence-electron chi connectivity index (χ1n) is 9.82. The molecule has 26 heavy (non-hydrogen) atoms. The minimum Gasteiger partial charge on any atom is -0.314 e. The van der Waals surface area contributed by atoms with Crippen LogP contribution in [-0.2, 0) is 6.42 Å². The number of allylic oxidation sites excluding steroid dienone is 2. The van der Waals surface area contributed by atoms with Gasteiger partial charge in [0.2, 0.25) is 0 Å². The summed E-state index contributed by atoms with van der Waals surface area (Å²) in [6, 6.07) is 4.03. The molecular weight excluding hydrogens is 327 g/mol. The van der Waals surface area contributed by atoms with Crippen molar-refractivity contribution < 1.29 is 9.60 Å². The molecule has 0 saturated carbocycles. The highest BCUT2D eigenvalue weighted by molar-refractivity contribution is 5.22. The van der Waals surface area contributed by atoms with Gasteiger partial charge in [-0.15, -0.1) is 0 Å². The zero-order valence-corrected chi connectivity index (χ0v) is 16.1. The van der Waals surface area contributed by atoms with Crippen LogP contribution >= 0.6 is 0 Å². The lowest BCUT2D eigenvalue weighted by molar-refractivity contribution is -0.0655. The highest BCUT2D eigenvalue weighted by Crippen LogP contribution is 2.09. The summed E-state index contributed by atoms with van der Waals surface area (Å²) >= 11 is 0. The van der Waals surface area contributed by atoms with E-state index in [2.05, 4.69) is 22.9 Å². The Balaban J connectivity index is 1.96. The minimum absolute atomic E-state index is 0.289. The molecule has 0 fully saturated rings. The molecule has 1 rings (SSSR count). The largest absolute Gasteiger partial charge is 0.314 e. The zero-order chi connectivity index (χ0) is 18.9. The number of hydrogen-bond donors (Lipinski definition) is 1. The number of aromatic nitrogens is 1. The highest BCUT2D eigenvalue weighted by Gasteiger charge is 1.95. The molecule has 0 amide bonds. The molecule has 0 aliphatic rings. The molecular formula is C22H33FN2O. The zero-order valence-electron chi connectivity index (χ0n) is 16.1. The van der Waals surface area contributed by atoms with Crippen LogP contribution in [0.4, 0.5) is 4.39 Å². The van der Waals surface area contributed by atoms with Crippen molar-refractivity contribution in [2.75, 3.05) is 13.6 Å². The van der Waals surface area contributed by atoms with Gasteiger partial charge in [0.1, 0.15) is 0 Å². The van der Waals surface area contributed by atoms with E-state index in [9.17, 15) is 4.39 Å². The van der Waals surface area contributed by atoms with E-state index in [0.717, 1.165) is 64.3 Å². The molecule has 4 heteroatoms. The predicted molar refractivity (Wildman–Crippen MR) is 105 cm³/mol. The Kier molecular flexibility index (Phi) is 13.4. The summed E-state index contributed by atoms with van der Waals surface area (Å²) in [5, 5.41) is 10.2. The van der Waals surface area contributed by atoms with Crippen LogP contribution in [0.3, 0.4) is 0 Å². The van der Waals surface area contributed by atoms with E-state index >= 15 is 0 Å². The second kappa shape index (κ2) is 15.5. The van der Waals surface area contributed by atoms with Gasteiger partial charge in [0.15, 0.2) is 5.83 Å². The van der Waals surface area contributed by atoms with Crippen LogP contribution in [0.15, 0.2) is 36.4 Å². The second-order valence-electron chi connectivity index (χ2n) is 6.71. The Bertz CT molecular complexity index is 546. The third kappa shape index (κ3) is 13.6. The molecule has 1 aromatic heterocycles. The van der Waals surface area contributed by atoms with E-state index in [4.69, 9.17) is 5.21 Å². The third-order valence-corrected chi connectivity index (χ3v) is 4.21. The number of rotatable bonds is 13. The van der Waals surface area contributed by atoms with Gasteiger partial charge in [0, 0.05) is 32.4 Å². The van der Waals surface area contributed by atoms with E-state index < -0.39 is 0 Å². The topological polar surface area (TPSA) is 36.4 Å². The van der Waals surface area contributed by atoms with Crippen molar-refractivity contribution >= 4 is 0 Å².